The van der Waals surface area contributed by atoms with E-state index in [0.717, 1.165) is 5.56 Å². The van der Waals surface area contributed by atoms with Crippen LogP contribution in [0.15, 0.2) is 12.1 Å². The van der Waals surface area contributed by atoms with Gasteiger partial charge in [0.25, 0.3) is 0 Å². The van der Waals surface area contributed by atoms with Gasteiger partial charge in [0.1, 0.15) is 6.54 Å². The zero-order chi connectivity index (χ0) is 17.0. The summed E-state index contributed by atoms with van der Waals surface area (Å²) in [4.78, 5) is 0. The second-order valence-corrected chi connectivity index (χ2v) is 7.69. The average molecular weight is 352 g/mol. The van der Waals surface area contributed by atoms with Crippen LogP contribution in [0.5, 0.6) is 11.5 Å². The fraction of sp³-hybridized carbons (Fsp3) is 0.571. The third kappa shape index (κ3) is 6.00. The Morgan fingerprint density at radius 1 is 1.23 bits per heavy atom. The van der Waals surface area contributed by atoms with Crippen molar-refractivity contribution in [1.82, 2.24) is 0 Å². The SMILES string of the molecule is COc1cc(Cl)cc(C[N+](C)(C)CCCS(=O)(=O)[O-])c1OC. The summed E-state index contributed by atoms with van der Waals surface area (Å²) in [6.45, 7) is 1.11. The van der Waals surface area contributed by atoms with Gasteiger partial charge in [-0.3, -0.25) is 0 Å². The van der Waals surface area contributed by atoms with E-state index in [-0.39, 0.29) is 5.75 Å². The van der Waals surface area contributed by atoms with E-state index >= 15 is 0 Å². The summed E-state index contributed by atoms with van der Waals surface area (Å²) in [5.41, 5.74) is 0.863. The first-order valence-corrected chi connectivity index (χ1v) is 8.69. The van der Waals surface area contributed by atoms with Crippen molar-refractivity contribution in [3.63, 3.8) is 0 Å². The van der Waals surface area contributed by atoms with Crippen molar-refractivity contribution in [1.29, 1.82) is 0 Å². The monoisotopic (exact) mass is 351 g/mol. The molecule has 0 N–H and O–H groups in total. The smallest absolute Gasteiger partial charge is 0.169 e. The van der Waals surface area contributed by atoms with E-state index in [1.807, 2.05) is 14.1 Å². The number of hydrogen-bond acceptors (Lipinski definition) is 5. The molecule has 0 saturated heterocycles. The molecule has 0 unspecified atom stereocenters. The third-order valence-corrected chi connectivity index (χ3v) is 4.28. The van der Waals surface area contributed by atoms with E-state index in [0.29, 0.717) is 40.5 Å². The largest absolute Gasteiger partial charge is 0.748 e. The molecule has 0 saturated carbocycles. The highest BCUT2D eigenvalue weighted by molar-refractivity contribution is 7.85. The maximum absolute atomic E-state index is 10.7. The quantitative estimate of drug-likeness (QED) is 0.528. The minimum absolute atomic E-state index is 0.304. The molecule has 8 heteroatoms. The Morgan fingerprint density at radius 3 is 2.36 bits per heavy atom. The van der Waals surface area contributed by atoms with Crippen LogP contribution in [0, 0.1) is 0 Å². The number of ether oxygens (including phenoxy) is 2. The highest BCUT2D eigenvalue weighted by Crippen LogP contribution is 2.35. The lowest BCUT2D eigenvalue weighted by Gasteiger charge is -2.31. The summed E-state index contributed by atoms with van der Waals surface area (Å²) in [6.07, 6.45) is 0.304. The molecule has 0 aromatic heterocycles. The van der Waals surface area contributed by atoms with Crippen molar-refractivity contribution in [3.05, 3.63) is 22.7 Å². The van der Waals surface area contributed by atoms with Crippen molar-refractivity contribution in [2.24, 2.45) is 0 Å². The Labute approximate surface area is 136 Å². The van der Waals surface area contributed by atoms with Gasteiger partial charge in [-0.25, -0.2) is 8.42 Å². The standard InChI is InChI=1S/C14H22ClNO5S/c1-16(2,6-5-7-22(17,18)19)10-11-8-12(15)9-13(20-3)14(11)21-4/h8-9H,5-7,10H2,1-4H3. The number of benzene rings is 1. The van der Waals surface area contributed by atoms with Crippen LogP contribution >= 0.6 is 11.6 Å². The predicted octanol–water partition coefficient (Wildman–Crippen LogP) is 1.87. The second-order valence-electron chi connectivity index (χ2n) is 5.73. The van der Waals surface area contributed by atoms with Gasteiger partial charge in [-0.15, -0.1) is 0 Å². The van der Waals surface area contributed by atoms with E-state index in [2.05, 4.69) is 0 Å². The molecule has 0 radical (unpaired) electrons. The first kappa shape index (κ1) is 19.0. The molecule has 126 valence electrons. The van der Waals surface area contributed by atoms with Gasteiger partial charge in [0, 0.05) is 23.3 Å². The normalized spacial score (nSPS) is 12.3. The van der Waals surface area contributed by atoms with Gasteiger partial charge in [-0.1, -0.05) is 11.6 Å². The summed E-state index contributed by atoms with van der Waals surface area (Å²) in [6, 6.07) is 3.47. The lowest BCUT2D eigenvalue weighted by Crippen LogP contribution is -2.40. The first-order chi connectivity index (χ1) is 10.1. The van der Waals surface area contributed by atoms with Crippen LogP contribution < -0.4 is 9.47 Å². The number of hydrogen-bond donors (Lipinski definition) is 0. The van der Waals surface area contributed by atoms with Crippen molar-refractivity contribution in [2.75, 3.05) is 40.6 Å². The van der Waals surface area contributed by atoms with E-state index in [1.54, 1.807) is 19.2 Å². The molecule has 6 nitrogen and oxygen atoms in total. The lowest BCUT2D eigenvalue weighted by molar-refractivity contribution is -0.903. The fourth-order valence-electron chi connectivity index (χ4n) is 2.33. The number of quaternary nitrogens is 1. The number of methoxy groups -OCH3 is 2. The van der Waals surface area contributed by atoms with Gasteiger partial charge >= 0.3 is 0 Å². The fourth-order valence-corrected chi connectivity index (χ4v) is 3.05. The van der Waals surface area contributed by atoms with Crippen LogP contribution in [0.4, 0.5) is 0 Å². The summed E-state index contributed by atoms with van der Waals surface area (Å²) in [5, 5.41) is 0.537. The van der Waals surface area contributed by atoms with Crippen LogP contribution in [-0.4, -0.2) is 58.1 Å². The summed E-state index contributed by atoms with van der Waals surface area (Å²) in [7, 11) is 2.82. The Balaban J connectivity index is 2.90. The Hall–Kier alpha value is -1.02. The van der Waals surface area contributed by atoms with Crippen LogP contribution in [-0.2, 0) is 16.7 Å². The molecule has 0 spiro atoms. The molecule has 0 aliphatic rings. The molecule has 1 aromatic rings. The van der Waals surface area contributed by atoms with E-state index in [1.165, 1.54) is 7.11 Å². The van der Waals surface area contributed by atoms with Crippen LogP contribution in [0.3, 0.4) is 0 Å². The molecule has 22 heavy (non-hydrogen) atoms. The van der Waals surface area contributed by atoms with Gasteiger partial charge in [0.2, 0.25) is 0 Å². The highest BCUT2D eigenvalue weighted by Gasteiger charge is 2.21. The zero-order valence-electron chi connectivity index (χ0n) is 13.3. The van der Waals surface area contributed by atoms with Crippen LogP contribution in [0.25, 0.3) is 0 Å². The van der Waals surface area contributed by atoms with Crippen molar-refractivity contribution >= 4 is 21.7 Å². The second kappa shape index (κ2) is 7.50. The molecular weight excluding hydrogens is 330 g/mol. The third-order valence-electron chi connectivity index (χ3n) is 3.28. The predicted molar refractivity (Wildman–Crippen MR) is 84.4 cm³/mol. The molecule has 0 aliphatic carbocycles. The number of nitrogens with zero attached hydrogens (tertiary/aromatic N) is 1. The molecule has 0 fully saturated rings. The van der Waals surface area contributed by atoms with Crippen molar-refractivity contribution < 1.29 is 26.9 Å². The Kier molecular flexibility index (Phi) is 6.49. The number of halogens is 1. The highest BCUT2D eigenvalue weighted by atomic mass is 35.5. The molecule has 1 aromatic carbocycles. The molecule has 0 bridgehead atoms. The molecule has 0 atom stereocenters. The lowest BCUT2D eigenvalue weighted by atomic mass is 10.1. The maximum atomic E-state index is 10.7. The van der Waals surface area contributed by atoms with E-state index < -0.39 is 10.1 Å². The average Bonchev–Trinajstić information content (AvgIpc) is 2.35. The van der Waals surface area contributed by atoms with Gasteiger partial charge in [-0.05, 0) is 6.07 Å². The molecule has 0 heterocycles. The summed E-state index contributed by atoms with van der Waals surface area (Å²) >= 11 is 6.09. The van der Waals surface area contributed by atoms with Gasteiger partial charge in [-0.2, -0.15) is 0 Å². The summed E-state index contributed by atoms with van der Waals surface area (Å²) in [5.74, 6) is 0.798. The minimum atomic E-state index is -4.18. The van der Waals surface area contributed by atoms with Crippen molar-refractivity contribution in [3.8, 4) is 11.5 Å². The van der Waals surface area contributed by atoms with Crippen LogP contribution in [0.2, 0.25) is 5.02 Å². The van der Waals surface area contributed by atoms with Gasteiger partial charge < -0.3 is 18.5 Å². The zero-order valence-corrected chi connectivity index (χ0v) is 14.8. The molecular formula is C14H22ClNO5S. The molecule has 0 aliphatic heterocycles. The summed E-state index contributed by atoms with van der Waals surface area (Å²) < 4.78 is 43.2. The maximum Gasteiger partial charge on any atom is 0.169 e. The van der Waals surface area contributed by atoms with Crippen molar-refractivity contribution in [2.45, 2.75) is 13.0 Å². The Bertz CT molecular complexity index is 616. The topological polar surface area (TPSA) is 75.7 Å². The van der Waals surface area contributed by atoms with E-state index in [9.17, 15) is 13.0 Å². The first-order valence-electron chi connectivity index (χ1n) is 6.74. The van der Waals surface area contributed by atoms with Gasteiger partial charge in [0.15, 0.2) is 11.5 Å². The van der Waals surface area contributed by atoms with Crippen LogP contribution in [0.1, 0.15) is 12.0 Å². The molecule has 1 rings (SSSR count). The Morgan fingerprint density at radius 2 is 1.86 bits per heavy atom. The van der Waals surface area contributed by atoms with Gasteiger partial charge in [0.05, 0.1) is 50.5 Å². The van der Waals surface area contributed by atoms with E-state index in [4.69, 9.17) is 21.1 Å². The number of rotatable bonds is 8. The minimum Gasteiger partial charge on any atom is -0.748 e. The molecule has 0 amide bonds.